The second-order valence-electron chi connectivity index (χ2n) is 4.62. The van der Waals surface area contributed by atoms with Gasteiger partial charge in [-0.2, -0.15) is 0 Å². The average Bonchev–Trinajstić information content (AvgIpc) is 2.53. The van der Waals surface area contributed by atoms with Gasteiger partial charge < -0.3 is 4.74 Å². The van der Waals surface area contributed by atoms with Gasteiger partial charge in [0.2, 0.25) is 0 Å². The highest BCUT2D eigenvalue weighted by atomic mass is 16.5. The van der Waals surface area contributed by atoms with Gasteiger partial charge in [-0.25, -0.2) is 4.79 Å². The summed E-state index contributed by atoms with van der Waals surface area (Å²) in [5, 5.41) is 2.34. The number of carbonyl (C=O) groups is 1. The van der Waals surface area contributed by atoms with Crippen molar-refractivity contribution in [1.29, 1.82) is 0 Å². The summed E-state index contributed by atoms with van der Waals surface area (Å²) in [7, 11) is 0. The Kier molecular flexibility index (Phi) is 3.46. The molecule has 0 aromatic heterocycles. The second kappa shape index (κ2) is 5.57. The molecule has 3 aromatic rings. The third-order valence-electron chi connectivity index (χ3n) is 3.19. The van der Waals surface area contributed by atoms with Crippen LogP contribution < -0.4 is 0 Å². The number of hydrogen-bond donors (Lipinski definition) is 0. The Morgan fingerprint density at radius 3 is 2.30 bits per heavy atom. The Morgan fingerprint density at radius 2 is 1.50 bits per heavy atom. The van der Waals surface area contributed by atoms with E-state index in [4.69, 9.17) is 4.74 Å². The lowest BCUT2D eigenvalue weighted by Gasteiger charge is -2.06. The molecule has 0 aliphatic rings. The third kappa shape index (κ3) is 2.69. The minimum absolute atomic E-state index is 0.290. The highest BCUT2D eigenvalue weighted by Crippen LogP contribution is 2.16. The van der Waals surface area contributed by atoms with Crippen molar-refractivity contribution in [3.05, 3.63) is 83.9 Å². The normalized spacial score (nSPS) is 10.4. The molecule has 3 aromatic carbocycles. The number of rotatable bonds is 3. The quantitative estimate of drug-likeness (QED) is 0.661. The molecule has 0 spiro atoms. The van der Waals surface area contributed by atoms with Crippen molar-refractivity contribution < 1.29 is 9.53 Å². The van der Waals surface area contributed by atoms with Crippen molar-refractivity contribution in [2.24, 2.45) is 0 Å². The fraction of sp³-hybridized carbons (Fsp3) is 0.0556. The van der Waals surface area contributed by atoms with Gasteiger partial charge in [0.15, 0.2) is 0 Å². The topological polar surface area (TPSA) is 26.3 Å². The summed E-state index contributed by atoms with van der Waals surface area (Å²) in [6, 6.07) is 23.2. The van der Waals surface area contributed by atoms with E-state index in [9.17, 15) is 4.79 Å². The predicted molar refractivity (Wildman–Crippen MR) is 79.5 cm³/mol. The summed E-state index contributed by atoms with van der Waals surface area (Å²) < 4.78 is 5.32. The minimum atomic E-state index is -0.293. The molecular weight excluding hydrogens is 248 g/mol. The van der Waals surface area contributed by atoms with Gasteiger partial charge in [0.1, 0.15) is 6.61 Å². The molecule has 20 heavy (non-hydrogen) atoms. The zero-order valence-electron chi connectivity index (χ0n) is 11.0. The van der Waals surface area contributed by atoms with Crippen LogP contribution in [0.5, 0.6) is 0 Å². The smallest absolute Gasteiger partial charge is 0.338 e. The molecule has 0 radical (unpaired) electrons. The Morgan fingerprint density at radius 1 is 0.800 bits per heavy atom. The number of carbonyl (C=O) groups excluding carboxylic acids is 1. The molecule has 0 saturated heterocycles. The first-order valence-electron chi connectivity index (χ1n) is 6.53. The van der Waals surface area contributed by atoms with Crippen LogP contribution in [0.25, 0.3) is 10.8 Å². The van der Waals surface area contributed by atoms with Gasteiger partial charge in [0.05, 0.1) is 5.56 Å². The number of hydrogen-bond acceptors (Lipinski definition) is 2. The van der Waals surface area contributed by atoms with Crippen molar-refractivity contribution >= 4 is 16.7 Å². The first-order valence-corrected chi connectivity index (χ1v) is 6.53. The summed E-state index contributed by atoms with van der Waals surface area (Å²) in [5.74, 6) is -0.293. The van der Waals surface area contributed by atoms with Crippen LogP contribution in [0.15, 0.2) is 72.8 Å². The van der Waals surface area contributed by atoms with Gasteiger partial charge in [-0.05, 0) is 34.5 Å². The Hall–Kier alpha value is -2.61. The minimum Gasteiger partial charge on any atom is -0.457 e. The Balaban J connectivity index is 1.72. The third-order valence-corrected chi connectivity index (χ3v) is 3.19. The first kappa shape index (κ1) is 12.4. The van der Waals surface area contributed by atoms with Crippen molar-refractivity contribution in [3.63, 3.8) is 0 Å². The molecule has 0 bridgehead atoms. The Labute approximate surface area is 117 Å². The number of ether oxygens (including phenoxy) is 1. The summed E-state index contributed by atoms with van der Waals surface area (Å²) >= 11 is 0. The maximum atomic E-state index is 11.9. The van der Waals surface area contributed by atoms with Crippen LogP contribution in [0.3, 0.4) is 0 Å². The van der Waals surface area contributed by atoms with Crippen LogP contribution in [0.1, 0.15) is 15.9 Å². The fourth-order valence-electron chi connectivity index (χ4n) is 2.14. The highest BCUT2D eigenvalue weighted by molar-refractivity contribution is 5.89. The molecule has 0 aliphatic carbocycles. The summed E-state index contributed by atoms with van der Waals surface area (Å²) in [6.07, 6.45) is 0. The van der Waals surface area contributed by atoms with Gasteiger partial charge in [-0.15, -0.1) is 0 Å². The SMILES string of the molecule is O=C(OCc1ccc2ccccc2c1)c1ccccc1. The van der Waals surface area contributed by atoms with Gasteiger partial charge in [-0.1, -0.05) is 54.6 Å². The molecule has 3 rings (SSSR count). The van der Waals surface area contributed by atoms with E-state index < -0.39 is 0 Å². The van der Waals surface area contributed by atoms with E-state index in [1.54, 1.807) is 12.1 Å². The molecule has 2 nitrogen and oxygen atoms in total. The number of fused-ring (bicyclic) bond motifs is 1. The van der Waals surface area contributed by atoms with E-state index in [-0.39, 0.29) is 5.97 Å². The van der Waals surface area contributed by atoms with Crippen LogP contribution in [0.4, 0.5) is 0 Å². The maximum absolute atomic E-state index is 11.9. The number of esters is 1. The maximum Gasteiger partial charge on any atom is 0.338 e. The van der Waals surface area contributed by atoms with Crippen LogP contribution in [0, 0.1) is 0 Å². The Bertz CT molecular complexity index is 733. The molecule has 0 saturated carbocycles. The van der Waals surface area contributed by atoms with Crippen molar-refractivity contribution in [1.82, 2.24) is 0 Å². The van der Waals surface area contributed by atoms with Crippen molar-refractivity contribution in [2.45, 2.75) is 6.61 Å². The molecule has 0 fully saturated rings. The molecule has 0 heterocycles. The highest BCUT2D eigenvalue weighted by Gasteiger charge is 2.06. The van der Waals surface area contributed by atoms with E-state index >= 15 is 0 Å². The molecule has 0 N–H and O–H groups in total. The zero-order valence-corrected chi connectivity index (χ0v) is 11.0. The molecular formula is C18H14O2. The summed E-state index contributed by atoms with van der Waals surface area (Å²) in [6.45, 7) is 0.290. The van der Waals surface area contributed by atoms with Gasteiger partial charge >= 0.3 is 5.97 Å². The van der Waals surface area contributed by atoms with Gasteiger partial charge in [-0.3, -0.25) is 0 Å². The van der Waals surface area contributed by atoms with E-state index in [2.05, 4.69) is 12.1 Å². The lowest BCUT2D eigenvalue weighted by Crippen LogP contribution is -2.04. The molecule has 2 heteroatoms. The van der Waals surface area contributed by atoms with Crippen LogP contribution in [0.2, 0.25) is 0 Å². The molecule has 0 unspecified atom stereocenters. The van der Waals surface area contributed by atoms with E-state index in [1.807, 2.05) is 48.5 Å². The number of benzene rings is 3. The fourth-order valence-corrected chi connectivity index (χ4v) is 2.14. The lowest BCUT2D eigenvalue weighted by atomic mass is 10.1. The average molecular weight is 262 g/mol. The largest absolute Gasteiger partial charge is 0.457 e. The van der Waals surface area contributed by atoms with Gasteiger partial charge in [0, 0.05) is 0 Å². The van der Waals surface area contributed by atoms with Crippen molar-refractivity contribution in [3.8, 4) is 0 Å². The summed E-state index contributed by atoms with van der Waals surface area (Å²) in [5.41, 5.74) is 1.57. The van der Waals surface area contributed by atoms with E-state index in [1.165, 1.54) is 5.39 Å². The van der Waals surface area contributed by atoms with Crippen LogP contribution >= 0.6 is 0 Å². The second-order valence-corrected chi connectivity index (χ2v) is 4.62. The zero-order chi connectivity index (χ0) is 13.8. The molecule has 0 amide bonds. The monoisotopic (exact) mass is 262 g/mol. The molecule has 0 aliphatic heterocycles. The van der Waals surface area contributed by atoms with Crippen molar-refractivity contribution in [2.75, 3.05) is 0 Å². The molecule has 98 valence electrons. The summed E-state index contributed by atoms with van der Waals surface area (Å²) in [4.78, 5) is 11.9. The first-order chi connectivity index (χ1) is 9.83. The van der Waals surface area contributed by atoms with E-state index in [0.29, 0.717) is 12.2 Å². The lowest BCUT2D eigenvalue weighted by molar-refractivity contribution is 0.0473. The van der Waals surface area contributed by atoms with E-state index in [0.717, 1.165) is 10.9 Å². The predicted octanol–water partition coefficient (Wildman–Crippen LogP) is 4.20. The van der Waals surface area contributed by atoms with Crippen LogP contribution in [-0.2, 0) is 11.3 Å². The molecule has 0 atom stereocenters. The standard InChI is InChI=1S/C18H14O2/c19-18(16-7-2-1-3-8-16)20-13-14-10-11-15-6-4-5-9-17(15)12-14/h1-12H,13H2. The van der Waals surface area contributed by atoms with Gasteiger partial charge in [0.25, 0.3) is 0 Å². The van der Waals surface area contributed by atoms with Crippen LogP contribution in [-0.4, -0.2) is 5.97 Å².